The molecule has 2 unspecified atom stereocenters. The maximum Gasteiger partial charge on any atom is 0.227 e. The molecule has 0 radical (unpaired) electrons. The highest BCUT2D eigenvalue weighted by molar-refractivity contribution is 5.78. The van der Waals surface area contributed by atoms with Gasteiger partial charge in [-0.3, -0.25) is 14.6 Å². The van der Waals surface area contributed by atoms with Crippen molar-refractivity contribution < 1.29 is 24.1 Å². The number of carbonyl (C=O) groups is 1. The lowest BCUT2D eigenvalue weighted by atomic mass is 10.1. The fourth-order valence-corrected chi connectivity index (χ4v) is 4.42. The van der Waals surface area contributed by atoms with E-state index in [0.717, 1.165) is 63.5 Å². The monoisotopic (exact) mass is 461 g/mol. The number of aliphatic hydroxyl groups is 1. The van der Waals surface area contributed by atoms with E-state index in [9.17, 15) is 9.90 Å². The topological polar surface area (TPSA) is 74.7 Å². The molecule has 2 atom stereocenters. The van der Waals surface area contributed by atoms with Gasteiger partial charge in [0.2, 0.25) is 5.91 Å². The minimum atomic E-state index is -0.507. The molecule has 1 amide bonds. The Balaban J connectivity index is 1.40. The van der Waals surface area contributed by atoms with Crippen LogP contribution in [0.25, 0.3) is 0 Å². The van der Waals surface area contributed by atoms with Crippen molar-refractivity contribution in [3.63, 3.8) is 0 Å². The third-order valence-electron chi connectivity index (χ3n) is 6.16. The molecule has 1 aromatic carbocycles. The zero-order valence-electron chi connectivity index (χ0n) is 19.9. The van der Waals surface area contributed by atoms with Crippen LogP contribution in [-0.2, 0) is 20.7 Å². The molecule has 1 N–H and O–H groups in total. The van der Waals surface area contributed by atoms with E-state index in [-0.39, 0.29) is 12.0 Å². The SMILES string of the molecule is C=CCOCC(O)CN1CCOC(CN2CCCN(C(=O)Cc3ccc(OC)cc3)CC2)C1. The molecule has 2 heterocycles. The third-order valence-corrected chi connectivity index (χ3v) is 6.16. The number of carbonyl (C=O) groups excluding carboxylic acids is 1. The largest absolute Gasteiger partial charge is 0.497 e. The smallest absolute Gasteiger partial charge is 0.227 e. The van der Waals surface area contributed by atoms with Crippen molar-refractivity contribution in [3.8, 4) is 5.75 Å². The Morgan fingerprint density at radius 3 is 2.79 bits per heavy atom. The summed E-state index contributed by atoms with van der Waals surface area (Å²) in [6.45, 7) is 11.5. The second-order valence-corrected chi connectivity index (χ2v) is 8.79. The maximum atomic E-state index is 12.8. The number of aliphatic hydroxyl groups excluding tert-OH is 1. The number of β-amino-alcohol motifs (C(OH)–C–C–N with tert-alkyl or cyclic N) is 1. The zero-order chi connectivity index (χ0) is 23.5. The second kappa shape index (κ2) is 13.7. The molecular weight excluding hydrogens is 422 g/mol. The molecule has 2 saturated heterocycles. The Kier molecular flexibility index (Phi) is 10.6. The first kappa shape index (κ1) is 25.6. The van der Waals surface area contributed by atoms with Crippen LogP contribution in [0.4, 0.5) is 0 Å². The Morgan fingerprint density at radius 2 is 2.03 bits per heavy atom. The lowest BCUT2D eigenvalue weighted by molar-refractivity contribution is -0.130. The van der Waals surface area contributed by atoms with Crippen molar-refractivity contribution in [1.82, 2.24) is 14.7 Å². The summed E-state index contributed by atoms with van der Waals surface area (Å²) in [6.07, 6.45) is 2.67. The van der Waals surface area contributed by atoms with E-state index in [4.69, 9.17) is 14.2 Å². The van der Waals surface area contributed by atoms with E-state index >= 15 is 0 Å². The van der Waals surface area contributed by atoms with Crippen molar-refractivity contribution in [1.29, 1.82) is 0 Å². The number of rotatable bonds is 11. The van der Waals surface area contributed by atoms with E-state index < -0.39 is 6.10 Å². The molecule has 8 heteroatoms. The van der Waals surface area contributed by atoms with Gasteiger partial charge >= 0.3 is 0 Å². The van der Waals surface area contributed by atoms with Gasteiger partial charge in [-0.2, -0.15) is 0 Å². The Morgan fingerprint density at radius 1 is 1.21 bits per heavy atom. The molecular formula is C25H39N3O5. The number of nitrogens with zero attached hydrogens (tertiary/aromatic N) is 3. The molecule has 3 rings (SSSR count). The normalized spacial score (nSPS) is 21.4. The Bertz CT molecular complexity index is 729. The zero-order valence-corrected chi connectivity index (χ0v) is 19.9. The average molecular weight is 462 g/mol. The summed E-state index contributed by atoms with van der Waals surface area (Å²) >= 11 is 0. The van der Waals surface area contributed by atoms with Gasteiger partial charge in [-0.05, 0) is 30.7 Å². The number of morpholine rings is 1. The number of hydrogen-bond donors (Lipinski definition) is 1. The minimum absolute atomic E-state index is 0.113. The van der Waals surface area contributed by atoms with Crippen LogP contribution in [0.2, 0.25) is 0 Å². The fourth-order valence-electron chi connectivity index (χ4n) is 4.42. The molecule has 2 aliphatic heterocycles. The van der Waals surface area contributed by atoms with Gasteiger partial charge in [-0.1, -0.05) is 18.2 Å². The van der Waals surface area contributed by atoms with Gasteiger partial charge in [0.15, 0.2) is 0 Å². The van der Waals surface area contributed by atoms with E-state index in [0.29, 0.717) is 32.8 Å². The molecule has 0 aromatic heterocycles. The van der Waals surface area contributed by atoms with E-state index in [1.165, 1.54) is 0 Å². The van der Waals surface area contributed by atoms with Crippen LogP contribution in [0.3, 0.4) is 0 Å². The summed E-state index contributed by atoms with van der Waals surface area (Å²) in [5.74, 6) is 0.977. The summed E-state index contributed by atoms with van der Waals surface area (Å²) in [5.41, 5.74) is 1.01. The maximum absolute atomic E-state index is 12.8. The lowest BCUT2D eigenvalue weighted by Crippen LogP contribution is -2.50. The van der Waals surface area contributed by atoms with Crippen LogP contribution in [-0.4, -0.2) is 117 Å². The van der Waals surface area contributed by atoms with Gasteiger partial charge in [-0.15, -0.1) is 6.58 Å². The molecule has 8 nitrogen and oxygen atoms in total. The average Bonchev–Trinajstić information content (AvgIpc) is 3.05. The lowest BCUT2D eigenvalue weighted by Gasteiger charge is -2.36. The highest BCUT2D eigenvalue weighted by Gasteiger charge is 2.26. The van der Waals surface area contributed by atoms with Gasteiger partial charge in [-0.25, -0.2) is 0 Å². The van der Waals surface area contributed by atoms with Crippen molar-refractivity contribution in [2.75, 3.05) is 79.3 Å². The number of methoxy groups -OCH3 is 1. The first-order valence-corrected chi connectivity index (χ1v) is 11.9. The number of ether oxygens (including phenoxy) is 3. The number of hydrogen-bond acceptors (Lipinski definition) is 7. The molecule has 1 aromatic rings. The molecule has 0 spiro atoms. The van der Waals surface area contributed by atoms with Gasteiger partial charge < -0.3 is 24.2 Å². The Labute approximate surface area is 197 Å². The summed E-state index contributed by atoms with van der Waals surface area (Å²) in [7, 11) is 1.64. The van der Waals surface area contributed by atoms with Crippen molar-refractivity contribution in [2.24, 2.45) is 0 Å². The molecule has 0 saturated carbocycles. The van der Waals surface area contributed by atoms with Crippen LogP contribution in [0.5, 0.6) is 5.75 Å². The van der Waals surface area contributed by atoms with Crippen LogP contribution in [0.1, 0.15) is 12.0 Å². The summed E-state index contributed by atoms with van der Waals surface area (Å²) in [5, 5.41) is 10.2. The van der Waals surface area contributed by atoms with Gasteiger partial charge in [0.25, 0.3) is 0 Å². The highest BCUT2D eigenvalue weighted by atomic mass is 16.5. The first-order chi connectivity index (χ1) is 16.1. The van der Waals surface area contributed by atoms with E-state index in [1.54, 1.807) is 13.2 Å². The molecule has 33 heavy (non-hydrogen) atoms. The van der Waals surface area contributed by atoms with Crippen molar-refractivity contribution in [3.05, 3.63) is 42.5 Å². The molecule has 2 fully saturated rings. The van der Waals surface area contributed by atoms with Crippen LogP contribution in [0, 0.1) is 0 Å². The third kappa shape index (κ3) is 8.72. The molecule has 0 bridgehead atoms. The molecule has 2 aliphatic rings. The van der Waals surface area contributed by atoms with Gasteiger partial charge in [0.05, 0.1) is 45.6 Å². The summed E-state index contributed by atoms with van der Waals surface area (Å²) in [4.78, 5) is 19.5. The quantitative estimate of drug-likeness (QED) is 0.390. The van der Waals surface area contributed by atoms with Gasteiger partial charge in [0, 0.05) is 45.8 Å². The van der Waals surface area contributed by atoms with Crippen LogP contribution in [0.15, 0.2) is 36.9 Å². The van der Waals surface area contributed by atoms with Gasteiger partial charge in [0.1, 0.15) is 5.75 Å². The minimum Gasteiger partial charge on any atom is -0.497 e. The summed E-state index contributed by atoms with van der Waals surface area (Å²) in [6, 6.07) is 7.70. The van der Waals surface area contributed by atoms with Crippen molar-refractivity contribution in [2.45, 2.75) is 25.0 Å². The van der Waals surface area contributed by atoms with Crippen molar-refractivity contribution >= 4 is 5.91 Å². The Hall–Kier alpha value is -1.97. The summed E-state index contributed by atoms with van der Waals surface area (Å²) < 4.78 is 16.5. The van der Waals surface area contributed by atoms with E-state index in [2.05, 4.69) is 16.4 Å². The van der Waals surface area contributed by atoms with E-state index in [1.807, 2.05) is 29.2 Å². The first-order valence-electron chi connectivity index (χ1n) is 11.9. The highest BCUT2D eigenvalue weighted by Crippen LogP contribution is 2.14. The predicted octanol–water partition coefficient (Wildman–Crippen LogP) is 1.04. The molecule has 0 aliphatic carbocycles. The standard InChI is InChI=1S/C25H39N3O5/c1-3-14-32-20-22(29)17-27-13-15-33-24(19-27)18-26-9-4-10-28(12-11-26)25(30)16-21-5-7-23(31-2)8-6-21/h3,5-8,22,24,29H,1,4,9-20H2,2H3. The van der Waals surface area contributed by atoms with Crippen LogP contribution >= 0.6 is 0 Å². The fraction of sp³-hybridized carbons (Fsp3) is 0.640. The van der Waals surface area contributed by atoms with Crippen LogP contribution < -0.4 is 4.74 Å². The second-order valence-electron chi connectivity index (χ2n) is 8.79. The number of benzene rings is 1. The predicted molar refractivity (Wildman–Crippen MR) is 128 cm³/mol. The number of amides is 1. The molecule has 184 valence electrons.